The summed E-state index contributed by atoms with van der Waals surface area (Å²) in [5, 5.41) is 10.9. The van der Waals surface area contributed by atoms with E-state index >= 15 is 0 Å². The van der Waals surface area contributed by atoms with Gasteiger partial charge in [0.15, 0.2) is 0 Å². The molecule has 6 heteroatoms. The van der Waals surface area contributed by atoms with Crippen LogP contribution >= 0.6 is 11.6 Å². The van der Waals surface area contributed by atoms with Gasteiger partial charge < -0.3 is 14.3 Å². The van der Waals surface area contributed by atoms with Crippen LogP contribution in [0.1, 0.15) is 5.56 Å². The van der Waals surface area contributed by atoms with Gasteiger partial charge in [0.2, 0.25) is 5.43 Å². The molecule has 0 aliphatic heterocycles. The van der Waals surface area contributed by atoms with Gasteiger partial charge in [0.25, 0.3) is 0 Å². The lowest BCUT2D eigenvalue weighted by molar-refractivity contribution is 0.298. The van der Waals surface area contributed by atoms with Crippen LogP contribution in [0.2, 0.25) is 5.02 Å². The van der Waals surface area contributed by atoms with Crippen molar-refractivity contribution in [1.29, 1.82) is 0 Å². The van der Waals surface area contributed by atoms with E-state index in [4.69, 9.17) is 20.8 Å². The fourth-order valence-electron chi connectivity index (χ4n) is 2.79. The average molecular weight is 371 g/mol. The SMILES string of the molecule is O=c1c2ccccc2oc2cc(OCc3c(F)cccc3Cl)cc(O)c12. The summed E-state index contributed by atoms with van der Waals surface area (Å²) >= 11 is 5.98. The molecule has 1 heterocycles. The number of phenolic OH excluding ortho intramolecular Hbond substituents is 1. The summed E-state index contributed by atoms with van der Waals surface area (Å²) in [5.74, 6) is -0.524. The maximum absolute atomic E-state index is 13.8. The zero-order chi connectivity index (χ0) is 18.3. The molecule has 0 saturated carbocycles. The molecule has 3 aromatic carbocycles. The number of para-hydroxylation sites is 1. The zero-order valence-corrected chi connectivity index (χ0v) is 14.1. The van der Waals surface area contributed by atoms with E-state index in [0.29, 0.717) is 11.0 Å². The van der Waals surface area contributed by atoms with Gasteiger partial charge in [-0.2, -0.15) is 0 Å². The Morgan fingerprint density at radius 2 is 1.88 bits per heavy atom. The minimum absolute atomic E-state index is 0.0694. The molecule has 0 aliphatic carbocycles. The first-order valence-corrected chi connectivity index (χ1v) is 8.16. The standard InChI is InChI=1S/C20H12ClFO4/c21-14-5-3-6-15(22)13(14)10-25-11-8-16(23)19-18(9-11)26-17-7-2-1-4-12(17)20(19)24/h1-9,23H,10H2. The number of rotatable bonds is 3. The molecule has 0 radical (unpaired) electrons. The number of hydrogen-bond donors (Lipinski definition) is 1. The third kappa shape index (κ3) is 2.76. The van der Waals surface area contributed by atoms with Gasteiger partial charge in [-0.15, -0.1) is 0 Å². The molecule has 1 aromatic heterocycles. The quantitative estimate of drug-likeness (QED) is 0.514. The Balaban J connectivity index is 1.78. The van der Waals surface area contributed by atoms with Gasteiger partial charge in [-0.1, -0.05) is 29.8 Å². The monoisotopic (exact) mass is 370 g/mol. The zero-order valence-electron chi connectivity index (χ0n) is 13.3. The first-order valence-electron chi connectivity index (χ1n) is 7.79. The molecule has 0 unspecified atom stereocenters. The van der Waals surface area contributed by atoms with E-state index in [1.165, 1.54) is 24.3 Å². The lowest BCUT2D eigenvalue weighted by Gasteiger charge is -2.10. The predicted octanol–water partition coefficient (Wildman–Crippen LogP) is 5.02. The molecule has 0 atom stereocenters. The van der Waals surface area contributed by atoms with Crippen molar-refractivity contribution >= 4 is 33.5 Å². The number of ether oxygens (including phenoxy) is 1. The Morgan fingerprint density at radius 3 is 2.69 bits per heavy atom. The highest BCUT2D eigenvalue weighted by atomic mass is 35.5. The summed E-state index contributed by atoms with van der Waals surface area (Å²) in [7, 11) is 0. The second kappa shape index (κ2) is 6.35. The van der Waals surface area contributed by atoms with Crippen molar-refractivity contribution in [3.63, 3.8) is 0 Å². The normalized spacial score (nSPS) is 11.2. The maximum atomic E-state index is 13.8. The topological polar surface area (TPSA) is 59.7 Å². The van der Waals surface area contributed by atoms with Crippen molar-refractivity contribution in [3.8, 4) is 11.5 Å². The molecule has 0 bridgehead atoms. The lowest BCUT2D eigenvalue weighted by atomic mass is 10.1. The van der Waals surface area contributed by atoms with Crippen molar-refractivity contribution in [2.45, 2.75) is 6.61 Å². The molecular weight excluding hydrogens is 359 g/mol. The predicted molar refractivity (Wildman–Crippen MR) is 97.4 cm³/mol. The summed E-state index contributed by atoms with van der Waals surface area (Å²) in [5.41, 5.74) is 0.457. The average Bonchev–Trinajstić information content (AvgIpc) is 2.61. The van der Waals surface area contributed by atoms with Crippen LogP contribution in [0.4, 0.5) is 4.39 Å². The Labute approximate surface area is 152 Å². The van der Waals surface area contributed by atoms with Crippen molar-refractivity contribution in [2.75, 3.05) is 0 Å². The van der Waals surface area contributed by atoms with Gasteiger partial charge in [-0.3, -0.25) is 4.79 Å². The lowest BCUT2D eigenvalue weighted by Crippen LogP contribution is -2.03. The van der Waals surface area contributed by atoms with E-state index < -0.39 is 5.82 Å². The maximum Gasteiger partial charge on any atom is 0.204 e. The highest BCUT2D eigenvalue weighted by Crippen LogP contribution is 2.31. The number of halogens is 2. The van der Waals surface area contributed by atoms with Crippen LogP contribution in [0, 0.1) is 5.82 Å². The summed E-state index contributed by atoms with van der Waals surface area (Å²) in [6.07, 6.45) is 0. The molecular formula is C20H12ClFO4. The van der Waals surface area contributed by atoms with Gasteiger partial charge in [0.05, 0.1) is 10.4 Å². The molecule has 0 saturated heterocycles. The van der Waals surface area contributed by atoms with Crippen LogP contribution < -0.4 is 10.2 Å². The van der Waals surface area contributed by atoms with Crippen molar-refractivity contribution in [2.24, 2.45) is 0 Å². The van der Waals surface area contributed by atoms with E-state index in [2.05, 4.69) is 0 Å². The second-order valence-corrected chi connectivity index (χ2v) is 6.14. The third-order valence-corrected chi connectivity index (χ3v) is 4.43. The van der Waals surface area contributed by atoms with Crippen LogP contribution in [-0.2, 0) is 6.61 Å². The number of benzene rings is 3. The number of fused-ring (bicyclic) bond motifs is 2. The fourth-order valence-corrected chi connectivity index (χ4v) is 3.01. The first kappa shape index (κ1) is 16.4. The largest absolute Gasteiger partial charge is 0.507 e. The Morgan fingerprint density at radius 1 is 1.08 bits per heavy atom. The smallest absolute Gasteiger partial charge is 0.204 e. The van der Waals surface area contributed by atoms with Crippen molar-refractivity contribution in [3.05, 3.63) is 81.2 Å². The molecule has 26 heavy (non-hydrogen) atoms. The fraction of sp³-hybridized carbons (Fsp3) is 0.0500. The number of aromatic hydroxyl groups is 1. The second-order valence-electron chi connectivity index (χ2n) is 5.73. The highest BCUT2D eigenvalue weighted by molar-refractivity contribution is 6.31. The molecule has 4 rings (SSSR count). The van der Waals surface area contributed by atoms with E-state index in [1.807, 2.05) is 0 Å². The summed E-state index contributed by atoms with van der Waals surface area (Å²) in [6, 6.07) is 13.9. The van der Waals surface area contributed by atoms with Gasteiger partial charge >= 0.3 is 0 Å². The molecule has 0 spiro atoms. The van der Waals surface area contributed by atoms with Crippen LogP contribution in [0.25, 0.3) is 21.9 Å². The molecule has 4 nitrogen and oxygen atoms in total. The first-order chi connectivity index (χ1) is 12.5. The molecule has 130 valence electrons. The minimum atomic E-state index is -0.486. The Bertz CT molecular complexity index is 1180. The van der Waals surface area contributed by atoms with Gasteiger partial charge in [0.1, 0.15) is 40.5 Å². The third-order valence-electron chi connectivity index (χ3n) is 4.08. The number of hydrogen-bond acceptors (Lipinski definition) is 4. The van der Waals surface area contributed by atoms with Crippen LogP contribution in [0.5, 0.6) is 11.5 Å². The van der Waals surface area contributed by atoms with E-state index in [1.54, 1.807) is 30.3 Å². The number of phenols is 1. The van der Waals surface area contributed by atoms with Gasteiger partial charge in [0, 0.05) is 17.7 Å². The summed E-state index contributed by atoms with van der Waals surface area (Å²) in [4.78, 5) is 12.6. The molecule has 0 fully saturated rings. The van der Waals surface area contributed by atoms with E-state index in [-0.39, 0.29) is 45.1 Å². The van der Waals surface area contributed by atoms with Gasteiger partial charge in [-0.05, 0) is 24.3 Å². The minimum Gasteiger partial charge on any atom is -0.507 e. The van der Waals surface area contributed by atoms with Crippen LogP contribution in [0.15, 0.2) is 63.8 Å². The van der Waals surface area contributed by atoms with Crippen molar-refractivity contribution < 1.29 is 18.7 Å². The molecule has 4 aromatic rings. The van der Waals surface area contributed by atoms with E-state index in [9.17, 15) is 14.3 Å². The summed E-state index contributed by atoms with van der Waals surface area (Å²) < 4.78 is 25.1. The van der Waals surface area contributed by atoms with Gasteiger partial charge in [-0.25, -0.2) is 4.39 Å². The Kier molecular flexibility index (Phi) is 4.01. The van der Waals surface area contributed by atoms with Crippen molar-refractivity contribution in [1.82, 2.24) is 0 Å². The van der Waals surface area contributed by atoms with E-state index in [0.717, 1.165) is 0 Å². The molecule has 1 N–H and O–H groups in total. The van der Waals surface area contributed by atoms with Crippen LogP contribution in [0.3, 0.4) is 0 Å². The highest BCUT2D eigenvalue weighted by Gasteiger charge is 2.14. The summed E-state index contributed by atoms with van der Waals surface area (Å²) in [6.45, 7) is -0.131. The Hall–Kier alpha value is -3.05. The molecule has 0 aliphatic rings. The van der Waals surface area contributed by atoms with Crippen LogP contribution in [-0.4, -0.2) is 5.11 Å². The molecule has 0 amide bonds.